The van der Waals surface area contributed by atoms with Crippen LogP contribution in [0.2, 0.25) is 10.0 Å². The second kappa shape index (κ2) is 6.24. The Morgan fingerprint density at radius 2 is 2.04 bits per heavy atom. The van der Waals surface area contributed by atoms with Crippen molar-refractivity contribution >= 4 is 28.9 Å². The molecular formula is C17H16Cl2N2O3. The number of benzene rings is 2. The van der Waals surface area contributed by atoms with Crippen molar-refractivity contribution in [2.45, 2.75) is 19.4 Å². The average molecular weight is 367 g/mol. The first kappa shape index (κ1) is 17.0. The van der Waals surface area contributed by atoms with Gasteiger partial charge in [-0.1, -0.05) is 29.3 Å². The number of nitro benzene ring substituents is 1. The molecule has 1 N–H and O–H groups in total. The van der Waals surface area contributed by atoms with Crippen molar-refractivity contribution in [2.24, 2.45) is 0 Å². The summed E-state index contributed by atoms with van der Waals surface area (Å²) >= 11 is 12.4. The maximum absolute atomic E-state index is 11.0. The fraction of sp³-hybridized carbons (Fsp3) is 0.294. The number of nitro groups is 1. The number of rotatable bonds is 2. The van der Waals surface area contributed by atoms with Gasteiger partial charge in [-0.05, 0) is 49.2 Å². The van der Waals surface area contributed by atoms with E-state index in [1.165, 1.54) is 6.07 Å². The van der Waals surface area contributed by atoms with E-state index in [-0.39, 0.29) is 32.4 Å². The highest BCUT2D eigenvalue weighted by molar-refractivity contribution is 6.37. The van der Waals surface area contributed by atoms with Gasteiger partial charge in [-0.2, -0.15) is 0 Å². The van der Waals surface area contributed by atoms with Crippen LogP contribution in [0.25, 0.3) is 0 Å². The molecule has 2 aromatic carbocycles. The fourth-order valence-corrected chi connectivity index (χ4v) is 3.87. The van der Waals surface area contributed by atoms with E-state index in [2.05, 4.69) is 4.90 Å². The third-order valence-corrected chi connectivity index (χ3v) is 5.21. The summed E-state index contributed by atoms with van der Waals surface area (Å²) < 4.78 is 0. The number of halogens is 2. The van der Waals surface area contributed by atoms with Crippen LogP contribution in [0.5, 0.6) is 5.75 Å². The minimum absolute atomic E-state index is 0.0965. The zero-order chi connectivity index (χ0) is 17.6. The van der Waals surface area contributed by atoms with E-state index in [0.717, 1.165) is 23.2 Å². The zero-order valence-corrected chi connectivity index (χ0v) is 14.7. The maximum atomic E-state index is 11.0. The van der Waals surface area contributed by atoms with Gasteiger partial charge in [0, 0.05) is 18.2 Å². The van der Waals surface area contributed by atoms with Crippen molar-refractivity contribution in [3.8, 4) is 5.75 Å². The number of likely N-dealkylation sites (N-methyl/N-ethyl adjacent to an activating group) is 1. The smallest absolute Gasteiger partial charge is 0.272 e. The molecule has 7 heteroatoms. The van der Waals surface area contributed by atoms with Gasteiger partial charge in [-0.25, -0.2) is 0 Å². The van der Waals surface area contributed by atoms with Gasteiger partial charge < -0.3 is 5.11 Å². The molecular weight excluding hydrogens is 351 g/mol. The highest BCUT2D eigenvalue weighted by atomic mass is 35.5. The predicted molar refractivity (Wildman–Crippen MR) is 94.1 cm³/mol. The Kier molecular flexibility index (Phi) is 4.42. The molecule has 1 unspecified atom stereocenters. The van der Waals surface area contributed by atoms with Gasteiger partial charge in [0.25, 0.3) is 5.69 Å². The quantitative estimate of drug-likeness (QED) is 0.627. The van der Waals surface area contributed by atoms with Crippen LogP contribution < -0.4 is 0 Å². The van der Waals surface area contributed by atoms with Crippen LogP contribution >= 0.6 is 23.2 Å². The number of aryl methyl sites for hydroxylation is 1. The molecule has 1 aliphatic heterocycles. The zero-order valence-electron chi connectivity index (χ0n) is 13.2. The monoisotopic (exact) mass is 366 g/mol. The summed E-state index contributed by atoms with van der Waals surface area (Å²) in [5.74, 6) is -0.0970. The lowest BCUT2D eigenvalue weighted by Gasteiger charge is -2.36. The van der Waals surface area contributed by atoms with Gasteiger partial charge in [-0.15, -0.1) is 0 Å². The molecule has 0 radical (unpaired) electrons. The SMILES string of the molecule is Cc1cc(C2c3cc(Cl)c(O)c(Cl)c3CCN2C)ccc1[N+](=O)[O-]. The van der Waals surface area contributed by atoms with E-state index in [4.69, 9.17) is 23.2 Å². The van der Waals surface area contributed by atoms with Crippen LogP contribution in [0.4, 0.5) is 5.69 Å². The number of phenolic OH excluding ortho intramolecular Hbond substituents is 1. The van der Waals surface area contributed by atoms with Crippen LogP contribution in [-0.4, -0.2) is 28.5 Å². The van der Waals surface area contributed by atoms with Crippen LogP contribution in [0.15, 0.2) is 24.3 Å². The molecule has 3 rings (SSSR count). The van der Waals surface area contributed by atoms with Gasteiger partial charge in [0.05, 0.1) is 21.0 Å². The Hall–Kier alpha value is -1.82. The summed E-state index contributed by atoms with van der Waals surface area (Å²) in [5.41, 5.74) is 3.43. The molecule has 0 spiro atoms. The maximum Gasteiger partial charge on any atom is 0.272 e. The molecule has 0 amide bonds. The highest BCUT2D eigenvalue weighted by Gasteiger charge is 2.30. The number of hydrogen-bond donors (Lipinski definition) is 1. The lowest BCUT2D eigenvalue weighted by molar-refractivity contribution is -0.385. The molecule has 0 aromatic heterocycles. The molecule has 0 aliphatic carbocycles. The van der Waals surface area contributed by atoms with Gasteiger partial charge in [0.2, 0.25) is 0 Å². The Morgan fingerprint density at radius 3 is 2.67 bits per heavy atom. The second-order valence-electron chi connectivity index (χ2n) is 6.02. The molecule has 0 bridgehead atoms. The summed E-state index contributed by atoms with van der Waals surface area (Å²) in [6.45, 7) is 2.48. The number of hydrogen-bond acceptors (Lipinski definition) is 4. The molecule has 0 saturated carbocycles. The third-order valence-electron chi connectivity index (χ3n) is 4.51. The predicted octanol–water partition coefficient (Wildman–Crippen LogP) is 4.49. The van der Waals surface area contributed by atoms with Crippen LogP contribution in [0, 0.1) is 17.0 Å². The van der Waals surface area contributed by atoms with Crippen molar-refractivity contribution in [1.29, 1.82) is 0 Å². The summed E-state index contributed by atoms with van der Waals surface area (Å²) in [6, 6.07) is 6.72. The number of nitrogens with zero attached hydrogens (tertiary/aromatic N) is 2. The Morgan fingerprint density at radius 1 is 1.33 bits per heavy atom. The van der Waals surface area contributed by atoms with Crippen LogP contribution in [0.3, 0.4) is 0 Å². The number of fused-ring (bicyclic) bond motifs is 1. The lowest BCUT2D eigenvalue weighted by atomic mass is 9.87. The summed E-state index contributed by atoms with van der Waals surface area (Å²) in [7, 11) is 1.99. The normalized spacial score (nSPS) is 17.6. The van der Waals surface area contributed by atoms with Crippen molar-refractivity contribution < 1.29 is 10.0 Å². The molecule has 0 fully saturated rings. The van der Waals surface area contributed by atoms with E-state index >= 15 is 0 Å². The van der Waals surface area contributed by atoms with E-state index in [0.29, 0.717) is 12.0 Å². The van der Waals surface area contributed by atoms with E-state index in [1.54, 1.807) is 19.1 Å². The molecule has 1 atom stereocenters. The Labute approximate surface area is 149 Å². The fourth-order valence-electron chi connectivity index (χ4n) is 3.31. The highest BCUT2D eigenvalue weighted by Crippen LogP contribution is 2.44. The van der Waals surface area contributed by atoms with Crippen molar-refractivity contribution in [1.82, 2.24) is 4.90 Å². The molecule has 1 aliphatic rings. The van der Waals surface area contributed by atoms with Gasteiger partial charge >= 0.3 is 0 Å². The van der Waals surface area contributed by atoms with Crippen molar-refractivity contribution in [2.75, 3.05) is 13.6 Å². The van der Waals surface area contributed by atoms with E-state index in [1.807, 2.05) is 13.1 Å². The van der Waals surface area contributed by atoms with Crippen LogP contribution in [-0.2, 0) is 6.42 Å². The average Bonchev–Trinajstić information content (AvgIpc) is 2.52. The third kappa shape index (κ3) is 2.73. The summed E-state index contributed by atoms with van der Waals surface area (Å²) in [4.78, 5) is 12.8. The molecule has 24 heavy (non-hydrogen) atoms. The standard InChI is InChI=1S/C17H16Cl2N2O3/c1-9-7-10(3-4-14(9)21(23)24)16-12-8-13(18)17(22)15(19)11(12)5-6-20(16)2/h3-4,7-8,16,22H,5-6H2,1-2H3. The number of phenols is 1. The second-order valence-corrected chi connectivity index (χ2v) is 6.81. The summed E-state index contributed by atoms with van der Waals surface area (Å²) in [6.07, 6.45) is 0.706. The molecule has 126 valence electrons. The number of aromatic hydroxyl groups is 1. The minimum Gasteiger partial charge on any atom is -0.505 e. The minimum atomic E-state index is -0.385. The van der Waals surface area contributed by atoms with Gasteiger partial charge in [0.1, 0.15) is 0 Å². The lowest BCUT2D eigenvalue weighted by Crippen LogP contribution is -2.33. The molecule has 1 heterocycles. The first-order chi connectivity index (χ1) is 11.3. The largest absolute Gasteiger partial charge is 0.505 e. The first-order valence-electron chi connectivity index (χ1n) is 7.46. The van der Waals surface area contributed by atoms with Gasteiger partial charge in [-0.3, -0.25) is 15.0 Å². The Bertz CT molecular complexity index is 839. The van der Waals surface area contributed by atoms with Crippen molar-refractivity contribution in [3.05, 3.63) is 66.7 Å². The van der Waals surface area contributed by atoms with E-state index in [9.17, 15) is 15.2 Å². The molecule has 5 nitrogen and oxygen atoms in total. The Balaban J connectivity index is 2.16. The topological polar surface area (TPSA) is 66.6 Å². The molecule has 0 saturated heterocycles. The van der Waals surface area contributed by atoms with Gasteiger partial charge in [0.15, 0.2) is 5.75 Å². The van der Waals surface area contributed by atoms with E-state index < -0.39 is 0 Å². The van der Waals surface area contributed by atoms with Crippen molar-refractivity contribution in [3.63, 3.8) is 0 Å². The molecule has 2 aromatic rings. The van der Waals surface area contributed by atoms with Crippen LogP contribution in [0.1, 0.15) is 28.3 Å². The summed E-state index contributed by atoms with van der Waals surface area (Å²) in [5, 5.41) is 21.5. The first-order valence-corrected chi connectivity index (χ1v) is 8.21.